The van der Waals surface area contributed by atoms with E-state index in [1.807, 2.05) is 17.9 Å². The topological polar surface area (TPSA) is 46.9 Å². The van der Waals surface area contributed by atoms with Crippen LogP contribution in [0.5, 0.6) is 0 Å². The van der Waals surface area contributed by atoms with E-state index in [0.717, 1.165) is 17.7 Å². The molecule has 19 heavy (non-hydrogen) atoms. The van der Waals surface area contributed by atoms with E-state index in [4.69, 9.17) is 0 Å². The van der Waals surface area contributed by atoms with Gasteiger partial charge in [0.25, 0.3) is 0 Å². The van der Waals surface area contributed by atoms with E-state index in [0.29, 0.717) is 12.5 Å². The van der Waals surface area contributed by atoms with E-state index in [2.05, 4.69) is 31.2 Å². The monoisotopic (exact) mass is 263 g/mol. The van der Waals surface area contributed by atoms with Gasteiger partial charge in [-0.05, 0) is 25.2 Å². The number of amides is 1. The van der Waals surface area contributed by atoms with Crippen LogP contribution in [0.15, 0.2) is 6.20 Å². The van der Waals surface area contributed by atoms with Gasteiger partial charge in [-0.15, -0.1) is 0 Å². The number of rotatable bonds is 5. The zero-order chi connectivity index (χ0) is 14.0. The largest absolute Gasteiger partial charge is 0.351 e. The SMILES string of the molecule is CCc1nn(C)cc1CNC(=O)C(C)(C)C1CCC1. The molecule has 1 aliphatic rings. The molecule has 0 aromatic carbocycles. The number of nitrogens with zero attached hydrogens (tertiary/aromatic N) is 2. The van der Waals surface area contributed by atoms with Crippen LogP contribution in [-0.2, 0) is 24.8 Å². The Morgan fingerprint density at radius 2 is 2.21 bits per heavy atom. The minimum absolute atomic E-state index is 0.170. The molecule has 0 saturated heterocycles. The van der Waals surface area contributed by atoms with Gasteiger partial charge in [0.2, 0.25) is 5.91 Å². The molecule has 4 heteroatoms. The molecular formula is C15H25N3O. The van der Waals surface area contributed by atoms with Gasteiger partial charge in [0.15, 0.2) is 0 Å². The normalized spacial score (nSPS) is 16.2. The summed E-state index contributed by atoms with van der Waals surface area (Å²) in [6.45, 7) is 6.81. The molecule has 1 aromatic heterocycles. The van der Waals surface area contributed by atoms with Gasteiger partial charge >= 0.3 is 0 Å². The maximum atomic E-state index is 12.3. The summed E-state index contributed by atoms with van der Waals surface area (Å²) >= 11 is 0. The van der Waals surface area contributed by atoms with Gasteiger partial charge in [0.1, 0.15) is 0 Å². The molecule has 1 aromatic rings. The Balaban J connectivity index is 1.96. The highest BCUT2D eigenvalue weighted by Gasteiger charge is 2.39. The standard InChI is InChI=1S/C15H25N3O/c1-5-13-11(10-18(4)17-13)9-16-14(19)15(2,3)12-7-6-8-12/h10,12H,5-9H2,1-4H3,(H,16,19). The van der Waals surface area contributed by atoms with Crippen LogP contribution in [0.1, 0.15) is 51.3 Å². The summed E-state index contributed by atoms with van der Waals surface area (Å²) in [7, 11) is 1.92. The van der Waals surface area contributed by atoms with Crippen molar-refractivity contribution in [1.82, 2.24) is 15.1 Å². The fourth-order valence-corrected chi connectivity index (χ4v) is 2.75. The van der Waals surface area contributed by atoms with Gasteiger partial charge in [-0.3, -0.25) is 9.48 Å². The summed E-state index contributed by atoms with van der Waals surface area (Å²) in [5.74, 6) is 0.718. The summed E-state index contributed by atoms with van der Waals surface area (Å²) in [5.41, 5.74) is 1.96. The number of carbonyl (C=O) groups is 1. The number of aryl methyl sites for hydroxylation is 2. The number of carbonyl (C=O) groups excluding carboxylic acids is 1. The zero-order valence-electron chi connectivity index (χ0n) is 12.5. The van der Waals surface area contributed by atoms with Gasteiger partial charge in [-0.25, -0.2) is 0 Å². The Morgan fingerprint density at radius 1 is 1.53 bits per heavy atom. The molecule has 0 bridgehead atoms. The van der Waals surface area contributed by atoms with Crippen LogP contribution in [0.4, 0.5) is 0 Å². The first-order chi connectivity index (χ1) is 8.95. The lowest BCUT2D eigenvalue weighted by Gasteiger charge is -2.39. The second kappa shape index (κ2) is 5.35. The minimum Gasteiger partial charge on any atom is -0.351 e. The van der Waals surface area contributed by atoms with Crippen LogP contribution in [0.3, 0.4) is 0 Å². The molecule has 1 fully saturated rings. The molecule has 0 aliphatic heterocycles. The number of hydrogen-bond acceptors (Lipinski definition) is 2. The van der Waals surface area contributed by atoms with E-state index in [1.165, 1.54) is 19.3 Å². The van der Waals surface area contributed by atoms with Gasteiger partial charge in [0.05, 0.1) is 5.69 Å². The third kappa shape index (κ3) is 2.82. The van der Waals surface area contributed by atoms with Crippen molar-refractivity contribution in [3.63, 3.8) is 0 Å². The van der Waals surface area contributed by atoms with Crippen LogP contribution in [0.2, 0.25) is 0 Å². The van der Waals surface area contributed by atoms with E-state index < -0.39 is 0 Å². The average molecular weight is 263 g/mol. The van der Waals surface area contributed by atoms with Crippen LogP contribution < -0.4 is 5.32 Å². The highest BCUT2D eigenvalue weighted by atomic mass is 16.2. The summed E-state index contributed by atoms with van der Waals surface area (Å²) in [6, 6.07) is 0. The van der Waals surface area contributed by atoms with Crippen LogP contribution >= 0.6 is 0 Å². The van der Waals surface area contributed by atoms with E-state index in [-0.39, 0.29) is 11.3 Å². The van der Waals surface area contributed by atoms with Crippen molar-refractivity contribution in [3.05, 3.63) is 17.5 Å². The van der Waals surface area contributed by atoms with E-state index in [9.17, 15) is 4.79 Å². The minimum atomic E-state index is -0.243. The lowest BCUT2D eigenvalue weighted by molar-refractivity contribution is -0.134. The first-order valence-corrected chi connectivity index (χ1v) is 7.24. The quantitative estimate of drug-likeness (QED) is 0.887. The second-order valence-electron chi connectivity index (χ2n) is 6.16. The van der Waals surface area contributed by atoms with Crippen molar-refractivity contribution in [2.75, 3.05) is 0 Å². The average Bonchev–Trinajstić information content (AvgIpc) is 2.63. The van der Waals surface area contributed by atoms with Crippen molar-refractivity contribution in [2.24, 2.45) is 18.4 Å². The summed E-state index contributed by atoms with van der Waals surface area (Å²) < 4.78 is 1.82. The molecule has 1 amide bonds. The highest BCUT2D eigenvalue weighted by Crippen LogP contribution is 2.41. The molecule has 1 heterocycles. The molecular weight excluding hydrogens is 238 g/mol. The van der Waals surface area contributed by atoms with Gasteiger partial charge < -0.3 is 5.32 Å². The summed E-state index contributed by atoms with van der Waals surface area (Å²) in [4.78, 5) is 12.3. The zero-order valence-corrected chi connectivity index (χ0v) is 12.5. The highest BCUT2D eigenvalue weighted by molar-refractivity contribution is 5.82. The lowest BCUT2D eigenvalue weighted by atomic mass is 9.67. The summed E-state index contributed by atoms with van der Waals surface area (Å²) in [5, 5.41) is 7.48. The predicted octanol–water partition coefficient (Wildman–Crippen LogP) is 2.42. The first kappa shape index (κ1) is 14.1. The first-order valence-electron chi connectivity index (χ1n) is 7.24. The second-order valence-corrected chi connectivity index (χ2v) is 6.16. The lowest BCUT2D eigenvalue weighted by Crippen LogP contribution is -2.44. The predicted molar refractivity (Wildman–Crippen MR) is 75.6 cm³/mol. The molecule has 1 N–H and O–H groups in total. The Kier molecular flexibility index (Phi) is 3.97. The van der Waals surface area contributed by atoms with Crippen LogP contribution in [-0.4, -0.2) is 15.7 Å². The van der Waals surface area contributed by atoms with Crippen LogP contribution in [0.25, 0.3) is 0 Å². The molecule has 0 atom stereocenters. The molecule has 4 nitrogen and oxygen atoms in total. The maximum absolute atomic E-state index is 12.3. The van der Waals surface area contributed by atoms with Crippen molar-refractivity contribution < 1.29 is 4.79 Å². The maximum Gasteiger partial charge on any atom is 0.226 e. The molecule has 0 unspecified atom stereocenters. The number of nitrogens with one attached hydrogen (secondary N) is 1. The Morgan fingerprint density at radius 3 is 2.74 bits per heavy atom. The third-order valence-corrected chi connectivity index (χ3v) is 4.48. The third-order valence-electron chi connectivity index (χ3n) is 4.48. The van der Waals surface area contributed by atoms with Crippen LogP contribution in [0, 0.1) is 11.3 Å². The molecule has 1 saturated carbocycles. The van der Waals surface area contributed by atoms with E-state index >= 15 is 0 Å². The van der Waals surface area contributed by atoms with E-state index in [1.54, 1.807) is 0 Å². The number of aromatic nitrogens is 2. The van der Waals surface area contributed by atoms with Gasteiger partial charge in [-0.1, -0.05) is 27.2 Å². The Bertz CT molecular complexity index is 458. The Labute approximate surface area is 115 Å². The Hall–Kier alpha value is -1.32. The molecule has 0 spiro atoms. The van der Waals surface area contributed by atoms with Gasteiger partial charge in [0, 0.05) is 30.8 Å². The fraction of sp³-hybridized carbons (Fsp3) is 0.733. The van der Waals surface area contributed by atoms with Crippen molar-refractivity contribution >= 4 is 5.91 Å². The van der Waals surface area contributed by atoms with Crippen molar-refractivity contribution in [2.45, 2.75) is 53.0 Å². The molecule has 106 valence electrons. The molecule has 0 radical (unpaired) electrons. The number of hydrogen-bond donors (Lipinski definition) is 1. The molecule has 1 aliphatic carbocycles. The van der Waals surface area contributed by atoms with Crippen molar-refractivity contribution in [1.29, 1.82) is 0 Å². The fourth-order valence-electron chi connectivity index (χ4n) is 2.75. The summed E-state index contributed by atoms with van der Waals surface area (Å²) in [6.07, 6.45) is 6.54. The molecule has 2 rings (SSSR count). The van der Waals surface area contributed by atoms with Crippen molar-refractivity contribution in [3.8, 4) is 0 Å². The smallest absolute Gasteiger partial charge is 0.226 e. The van der Waals surface area contributed by atoms with Gasteiger partial charge in [-0.2, -0.15) is 5.10 Å².